The van der Waals surface area contributed by atoms with E-state index in [9.17, 15) is 13.2 Å². The van der Waals surface area contributed by atoms with Crippen molar-refractivity contribution in [1.29, 1.82) is 0 Å². The summed E-state index contributed by atoms with van der Waals surface area (Å²) in [6, 6.07) is 7.57. The van der Waals surface area contributed by atoms with Crippen molar-refractivity contribution in [3.05, 3.63) is 59.4 Å². The summed E-state index contributed by atoms with van der Waals surface area (Å²) in [4.78, 5) is 0.769. The molecule has 94 valence electrons. The molecule has 2 N–H and O–H groups in total. The Bertz CT molecular complexity index is 572. The highest BCUT2D eigenvalue weighted by atomic mass is 32.2. The zero-order chi connectivity index (χ0) is 13.1. The lowest BCUT2D eigenvalue weighted by atomic mass is 10.2. The van der Waals surface area contributed by atoms with Gasteiger partial charge in [-0.2, -0.15) is 0 Å². The molecule has 0 aliphatic heterocycles. The van der Waals surface area contributed by atoms with E-state index in [2.05, 4.69) is 0 Å². The van der Waals surface area contributed by atoms with Crippen molar-refractivity contribution in [2.24, 2.45) is 5.73 Å². The van der Waals surface area contributed by atoms with Crippen molar-refractivity contribution >= 4 is 11.8 Å². The number of nitrogens with two attached hydrogens (primary N) is 1. The first kappa shape index (κ1) is 13.0. The largest absolute Gasteiger partial charge is 0.326 e. The summed E-state index contributed by atoms with van der Waals surface area (Å²) in [6.07, 6.45) is 0. The second-order valence-corrected chi connectivity index (χ2v) is 4.79. The Balaban J connectivity index is 2.30. The van der Waals surface area contributed by atoms with Crippen LogP contribution < -0.4 is 5.73 Å². The predicted octanol–water partition coefficient (Wildman–Crippen LogP) is 3.71. The van der Waals surface area contributed by atoms with Crippen LogP contribution in [0.5, 0.6) is 0 Å². The Hall–Kier alpha value is -1.46. The third-order valence-electron chi connectivity index (χ3n) is 2.29. The van der Waals surface area contributed by atoms with Crippen LogP contribution in [0.15, 0.2) is 46.2 Å². The lowest BCUT2D eigenvalue weighted by molar-refractivity contribution is 0.565. The standard InChI is InChI=1S/C13H10F3NS/c14-9-1-2-13(12(16)6-9)18-11-4-8(7-17)3-10(15)5-11/h1-6H,7,17H2. The second kappa shape index (κ2) is 5.46. The van der Waals surface area contributed by atoms with E-state index in [4.69, 9.17) is 5.73 Å². The van der Waals surface area contributed by atoms with Gasteiger partial charge in [0.1, 0.15) is 17.5 Å². The Morgan fingerprint density at radius 3 is 2.39 bits per heavy atom. The zero-order valence-electron chi connectivity index (χ0n) is 9.29. The maximum atomic E-state index is 13.4. The minimum absolute atomic E-state index is 0.206. The number of rotatable bonds is 3. The summed E-state index contributed by atoms with van der Waals surface area (Å²) in [5.41, 5.74) is 6.06. The minimum atomic E-state index is -0.668. The first-order valence-corrected chi connectivity index (χ1v) is 6.02. The molecule has 18 heavy (non-hydrogen) atoms. The van der Waals surface area contributed by atoms with Gasteiger partial charge in [0.25, 0.3) is 0 Å². The van der Waals surface area contributed by atoms with Crippen LogP contribution in [0, 0.1) is 17.5 Å². The highest BCUT2D eigenvalue weighted by Gasteiger charge is 2.07. The van der Waals surface area contributed by atoms with Gasteiger partial charge in [-0.15, -0.1) is 0 Å². The van der Waals surface area contributed by atoms with E-state index in [0.29, 0.717) is 10.5 Å². The second-order valence-electron chi connectivity index (χ2n) is 3.68. The molecule has 0 aliphatic rings. The van der Waals surface area contributed by atoms with E-state index in [1.54, 1.807) is 6.07 Å². The molecule has 0 amide bonds. The molecule has 0 saturated heterocycles. The highest BCUT2D eigenvalue weighted by molar-refractivity contribution is 7.99. The fourth-order valence-corrected chi connectivity index (χ4v) is 2.41. The Morgan fingerprint density at radius 1 is 0.944 bits per heavy atom. The molecule has 0 fully saturated rings. The van der Waals surface area contributed by atoms with Crippen LogP contribution >= 0.6 is 11.8 Å². The molecule has 0 saturated carbocycles. The number of halogens is 3. The molecule has 2 aromatic carbocycles. The van der Waals surface area contributed by atoms with Gasteiger partial charge in [0.05, 0.1) is 0 Å². The van der Waals surface area contributed by atoms with Gasteiger partial charge in [-0.3, -0.25) is 0 Å². The van der Waals surface area contributed by atoms with Gasteiger partial charge >= 0.3 is 0 Å². The SMILES string of the molecule is NCc1cc(F)cc(Sc2ccc(F)cc2F)c1. The minimum Gasteiger partial charge on any atom is -0.326 e. The Labute approximate surface area is 107 Å². The molecule has 0 atom stereocenters. The lowest BCUT2D eigenvalue weighted by Gasteiger charge is -2.05. The van der Waals surface area contributed by atoms with Gasteiger partial charge in [-0.25, -0.2) is 13.2 Å². The molecule has 0 aromatic heterocycles. The summed E-state index contributed by atoms with van der Waals surface area (Å²) < 4.78 is 39.4. The van der Waals surface area contributed by atoms with Gasteiger partial charge < -0.3 is 5.73 Å². The maximum absolute atomic E-state index is 13.4. The third kappa shape index (κ3) is 3.05. The molecule has 0 aliphatic carbocycles. The van der Waals surface area contributed by atoms with E-state index in [-0.39, 0.29) is 11.4 Å². The topological polar surface area (TPSA) is 26.0 Å². The molecule has 5 heteroatoms. The molecule has 2 aromatic rings. The molecule has 1 nitrogen and oxygen atoms in total. The average molecular weight is 269 g/mol. The van der Waals surface area contributed by atoms with Crippen molar-refractivity contribution in [3.8, 4) is 0 Å². The van der Waals surface area contributed by atoms with Crippen LogP contribution in [0.3, 0.4) is 0 Å². The molecular formula is C13H10F3NS. The average Bonchev–Trinajstić information content (AvgIpc) is 2.32. The van der Waals surface area contributed by atoms with Crippen molar-refractivity contribution in [3.63, 3.8) is 0 Å². The summed E-state index contributed by atoms with van der Waals surface area (Å²) >= 11 is 1.03. The number of hydrogen-bond acceptors (Lipinski definition) is 2. The maximum Gasteiger partial charge on any atom is 0.140 e. The van der Waals surface area contributed by atoms with Gasteiger partial charge in [-0.1, -0.05) is 11.8 Å². The van der Waals surface area contributed by atoms with Crippen LogP contribution in [0.1, 0.15) is 5.56 Å². The van der Waals surface area contributed by atoms with Gasteiger partial charge in [0, 0.05) is 22.4 Å². The van der Waals surface area contributed by atoms with Crippen molar-refractivity contribution in [2.45, 2.75) is 16.3 Å². The van der Waals surface area contributed by atoms with E-state index >= 15 is 0 Å². The van der Waals surface area contributed by atoms with E-state index in [1.807, 2.05) is 0 Å². The fraction of sp³-hybridized carbons (Fsp3) is 0.0769. The van der Waals surface area contributed by atoms with Crippen molar-refractivity contribution < 1.29 is 13.2 Å². The lowest BCUT2D eigenvalue weighted by Crippen LogP contribution is -1.97. The molecule has 0 bridgehead atoms. The van der Waals surface area contributed by atoms with Crippen LogP contribution in [-0.2, 0) is 6.54 Å². The van der Waals surface area contributed by atoms with E-state index in [0.717, 1.165) is 23.9 Å². The molecule has 0 spiro atoms. The molecule has 0 unspecified atom stereocenters. The first-order chi connectivity index (χ1) is 8.58. The molecule has 0 radical (unpaired) electrons. The highest BCUT2D eigenvalue weighted by Crippen LogP contribution is 2.31. The van der Waals surface area contributed by atoms with Crippen LogP contribution in [0.4, 0.5) is 13.2 Å². The summed E-state index contributed by atoms with van der Waals surface area (Å²) in [5.74, 6) is -1.74. The normalized spacial score (nSPS) is 10.7. The monoisotopic (exact) mass is 269 g/mol. The van der Waals surface area contributed by atoms with Crippen LogP contribution in [-0.4, -0.2) is 0 Å². The predicted molar refractivity (Wildman–Crippen MR) is 64.8 cm³/mol. The van der Waals surface area contributed by atoms with E-state index in [1.165, 1.54) is 18.2 Å². The van der Waals surface area contributed by atoms with Crippen LogP contribution in [0.2, 0.25) is 0 Å². The van der Waals surface area contributed by atoms with Gasteiger partial charge in [-0.05, 0) is 35.9 Å². The Morgan fingerprint density at radius 2 is 1.72 bits per heavy atom. The smallest absolute Gasteiger partial charge is 0.140 e. The van der Waals surface area contributed by atoms with Gasteiger partial charge in [0.2, 0.25) is 0 Å². The van der Waals surface area contributed by atoms with Crippen LogP contribution in [0.25, 0.3) is 0 Å². The quantitative estimate of drug-likeness (QED) is 0.919. The van der Waals surface area contributed by atoms with Gasteiger partial charge in [0.15, 0.2) is 0 Å². The zero-order valence-corrected chi connectivity index (χ0v) is 10.1. The summed E-state index contributed by atoms with van der Waals surface area (Å²) in [7, 11) is 0. The summed E-state index contributed by atoms with van der Waals surface area (Å²) in [6.45, 7) is 0.206. The van der Waals surface area contributed by atoms with Crippen molar-refractivity contribution in [1.82, 2.24) is 0 Å². The third-order valence-corrected chi connectivity index (χ3v) is 3.31. The van der Waals surface area contributed by atoms with Crippen molar-refractivity contribution in [2.75, 3.05) is 0 Å². The molecular weight excluding hydrogens is 259 g/mol. The first-order valence-electron chi connectivity index (χ1n) is 5.21. The fourth-order valence-electron chi connectivity index (χ4n) is 1.48. The molecule has 0 heterocycles. The Kier molecular flexibility index (Phi) is 3.93. The number of benzene rings is 2. The van der Waals surface area contributed by atoms with E-state index < -0.39 is 17.5 Å². The summed E-state index contributed by atoms with van der Waals surface area (Å²) in [5, 5.41) is 0. The number of hydrogen-bond donors (Lipinski definition) is 1. The molecule has 2 rings (SSSR count).